The highest BCUT2D eigenvalue weighted by Gasteiger charge is 2.18. The van der Waals surface area contributed by atoms with Crippen molar-refractivity contribution in [3.63, 3.8) is 0 Å². The van der Waals surface area contributed by atoms with Gasteiger partial charge in [-0.1, -0.05) is 0 Å². The van der Waals surface area contributed by atoms with Crippen LogP contribution in [0.25, 0.3) is 0 Å². The molecule has 0 radical (unpaired) electrons. The Hall–Kier alpha value is -0.420. The summed E-state index contributed by atoms with van der Waals surface area (Å²) >= 11 is 0. The molecule has 0 aromatic heterocycles. The van der Waals surface area contributed by atoms with E-state index < -0.39 is 16.6 Å². The van der Waals surface area contributed by atoms with Crippen LogP contribution in [0, 0.1) is 0 Å². The van der Waals surface area contributed by atoms with Crippen LogP contribution in [-0.4, -0.2) is 39.9 Å². The zero-order chi connectivity index (χ0) is 10.6. The van der Waals surface area contributed by atoms with Crippen molar-refractivity contribution in [2.45, 2.75) is 26.4 Å². The van der Waals surface area contributed by atoms with Crippen molar-refractivity contribution in [2.75, 3.05) is 19.8 Å². The maximum atomic E-state index is 11.2. The lowest BCUT2D eigenvalue weighted by atomic mass is 10.2. The average molecular weight is 207 g/mol. The Bertz CT molecular complexity index is 210. The molecule has 13 heavy (non-hydrogen) atoms. The van der Waals surface area contributed by atoms with E-state index in [0.717, 1.165) is 0 Å². The van der Waals surface area contributed by atoms with Gasteiger partial charge in [-0.2, -0.15) is 0 Å². The summed E-state index contributed by atoms with van der Waals surface area (Å²) in [5, 5.41) is 0. The van der Waals surface area contributed by atoms with Crippen molar-refractivity contribution in [2.24, 2.45) is 0 Å². The van der Waals surface area contributed by atoms with Gasteiger partial charge < -0.3 is 4.74 Å². The maximum Gasteiger partial charge on any atom is 0.321 e. The van der Waals surface area contributed by atoms with Crippen molar-refractivity contribution in [3.05, 3.63) is 0 Å². The van der Waals surface area contributed by atoms with Crippen LogP contribution in [0.4, 0.5) is 0 Å². The van der Waals surface area contributed by atoms with Gasteiger partial charge in [-0.15, -0.1) is 0 Å². The van der Waals surface area contributed by atoms with Gasteiger partial charge in [0.2, 0.25) is 0 Å². The van der Waals surface area contributed by atoms with Gasteiger partial charge in [-0.05, 0) is 20.8 Å². The smallest absolute Gasteiger partial charge is 0.321 e. The monoisotopic (exact) mass is 207 g/mol. The lowest BCUT2D eigenvalue weighted by Crippen LogP contribution is -2.33. The second kappa shape index (κ2) is 4.72. The van der Waals surface area contributed by atoms with Gasteiger partial charge in [-0.3, -0.25) is 4.79 Å². The molecule has 1 atom stereocenters. The molecule has 0 aliphatic rings. The van der Waals surface area contributed by atoms with Gasteiger partial charge in [0.25, 0.3) is 0 Å². The highest BCUT2D eigenvalue weighted by Crippen LogP contribution is 2.07. The first-order valence-corrected chi connectivity index (χ1v) is 5.50. The number of esters is 1. The first-order chi connectivity index (χ1) is 5.72. The summed E-state index contributed by atoms with van der Waals surface area (Å²) < 4.78 is 17.3. The fourth-order valence-corrected chi connectivity index (χ4v) is 0.934. The van der Waals surface area contributed by atoms with E-state index in [0.29, 0.717) is 0 Å². The average Bonchev–Trinajstić information content (AvgIpc) is 1.81. The molecule has 0 aliphatic carbocycles. The standard InChI is InChI=1S/C8H17NO3S/c1-8(2,3)12-7(10)6-9(4)13(5)11/h6H2,1-5H3. The van der Waals surface area contributed by atoms with E-state index in [2.05, 4.69) is 0 Å². The lowest BCUT2D eigenvalue weighted by Gasteiger charge is -2.21. The number of likely N-dealkylation sites (N-methyl/N-ethyl adjacent to an activating group) is 1. The van der Waals surface area contributed by atoms with Crippen LogP contribution in [0.1, 0.15) is 20.8 Å². The topological polar surface area (TPSA) is 46.6 Å². The van der Waals surface area contributed by atoms with E-state index in [4.69, 9.17) is 4.74 Å². The second-order valence-corrected chi connectivity index (χ2v) is 5.27. The molecule has 0 aliphatic heterocycles. The number of rotatable bonds is 3. The third kappa shape index (κ3) is 6.72. The summed E-state index contributed by atoms with van der Waals surface area (Å²) in [5.74, 6) is -0.356. The van der Waals surface area contributed by atoms with Crippen molar-refractivity contribution in [1.29, 1.82) is 0 Å². The minimum atomic E-state index is -1.13. The van der Waals surface area contributed by atoms with Crippen LogP contribution in [-0.2, 0) is 20.5 Å². The highest BCUT2D eigenvalue weighted by atomic mass is 32.2. The molecular formula is C8H17NO3S. The minimum Gasteiger partial charge on any atom is -0.459 e. The van der Waals surface area contributed by atoms with Crippen LogP contribution in [0.3, 0.4) is 0 Å². The fourth-order valence-electron chi connectivity index (χ4n) is 0.646. The largest absolute Gasteiger partial charge is 0.459 e. The van der Waals surface area contributed by atoms with E-state index in [9.17, 15) is 9.00 Å². The quantitative estimate of drug-likeness (QED) is 0.635. The summed E-state index contributed by atoms with van der Waals surface area (Å²) in [7, 11) is 0.484. The first-order valence-electron chi connectivity index (χ1n) is 3.99. The number of carbonyl (C=O) groups excluding carboxylic acids is 1. The molecule has 0 aromatic rings. The molecule has 0 fully saturated rings. The summed E-state index contributed by atoms with van der Waals surface area (Å²) in [6.45, 7) is 5.45. The fraction of sp³-hybridized carbons (Fsp3) is 0.875. The van der Waals surface area contributed by atoms with Gasteiger partial charge in [0.15, 0.2) is 0 Å². The van der Waals surface area contributed by atoms with Gasteiger partial charge in [0.1, 0.15) is 12.1 Å². The molecule has 0 rings (SSSR count). The van der Waals surface area contributed by atoms with Gasteiger partial charge in [0, 0.05) is 13.3 Å². The molecule has 0 spiro atoms. The molecule has 78 valence electrons. The molecule has 0 saturated heterocycles. The molecule has 0 aromatic carbocycles. The Morgan fingerprint density at radius 3 is 2.23 bits per heavy atom. The van der Waals surface area contributed by atoms with Crippen LogP contribution in [0.2, 0.25) is 0 Å². The van der Waals surface area contributed by atoms with Crippen molar-refractivity contribution < 1.29 is 13.7 Å². The SMILES string of the molecule is CN(CC(=O)OC(C)(C)C)S(C)=O. The lowest BCUT2D eigenvalue weighted by molar-refractivity contribution is -0.154. The van der Waals surface area contributed by atoms with E-state index in [1.165, 1.54) is 10.6 Å². The van der Waals surface area contributed by atoms with E-state index in [1.807, 2.05) is 0 Å². The van der Waals surface area contributed by atoms with Crippen molar-refractivity contribution in [1.82, 2.24) is 4.31 Å². The van der Waals surface area contributed by atoms with Gasteiger partial charge >= 0.3 is 5.97 Å². The summed E-state index contributed by atoms with van der Waals surface area (Å²) in [6, 6.07) is 0. The zero-order valence-electron chi connectivity index (χ0n) is 8.79. The first kappa shape index (κ1) is 12.6. The van der Waals surface area contributed by atoms with E-state index in [-0.39, 0.29) is 12.5 Å². The molecule has 0 amide bonds. The minimum absolute atomic E-state index is 0.0559. The van der Waals surface area contributed by atoms with Crippen LogP contribution in [0.5, 0.6) is 0 Å². The Kier molecular flexibility index (Phi) is 4.56. The predicted octanol–water partition coefficient (Wildman–Crippen LogP) is 0.553. The highest BCUT2D eigenvalue weighted by molar-refractivity contribution is 7.81. The molecule has 0 N–H and O–H groups in total. The molecule has 0 saturated carbocycles. The Morgan fingerprint density at radius 2 is 1.92 bits per heavy atom. The summed E-state index contributed by atoms with van der Waals surface area (Å²) in [6.07, 6.45) is 1.52. The van der Waals surface area contributed by atoms with E-state index >= 15 is 0 Å². The predicted molar refractivity (Wildman–Crippen MR) is 52.5 cm³/mol. The Morgan fingerprint density at radius 1 is 1.46 bits per heavy atom. The molecule has 1 unspecified atom stereocenters. The summed E-state index contributed by atoms with van der Waals surface area (Å²) in [5.41, 5.74) is -0.479. The molecule has 4 nitrogen and oxygen atoms in total. The van der Waals surface area contributed by atoms with E-state index in [1.54, 1.807) is 27.8 Å². The van der Waals surface area contributed by atoms with Crippen molar-refractivity contribution in [3.8, 4) is 0 Å². The number of ether oxygens (including phenoxy) is 1. The number of hydrogen-bond acceptors (Lipinski definition) is 3. The number of nitrogens with zero attached hydrogens (tertiary/aromatic N) is 1. The maximum absolute atomic E-state index is 11.2. The second-order valence-electron chi connectivity index (χ2n) is 3.80. The molecular weight excluding hydrogens is 190 g/mol. The molecule has 5 heteroatoms. The van der Waals surface area contributed by atoms with Crippen LogP contribution >= 0.6 is 0 Å². The van der Waals surface area contributed by atoms with Crippen molar-refractivity contribution >= 4 is 17.0 Å². The Labute approximate surface area is 81.8 Å². The molecule has 0 bridgehead atoms. The number of hydrogen-bond donors (Lipinski definition) is 0. The van der Waals surface area contributed by atoms with Crippen LogP contribution < -0.4 is 0 Å². The normalized spacial score (nSPS) is 14.3. The van der Waals surface area contributed by atoms with Gasteiger partial charge in [-0.25, -0.2) is 8.51 Å². The van der Waals surface area contributed by atoms with Crippen LogP contribution in [0.15, 0.2) is 0 Å². The van der Waals surface area contributed by atoms with Gasteiger partial charge in [0.05, 0.1) is 11.0 Å². The third-order valence-corrected chi connectivity index (χ3v) is 2.22. The third-order valence-electron chi connectivity index (χ3n) is 1.21. The number of carbonyl (C=O) groups is 1. The molecule has 0 heterocycles. The summed E-state index contributed by atoms with van der Waals surface area (Å²) in [4.78, 5) is 11.2. The Balaban J connectivity index is 3.96. The zero-order valence-corrected chi connectivity index (χ0v) is 9.60.